The van der Waals surface area contributed by atoms with E-state index in [0.717, 1.165) is 6.20 Å². The molecule has 0 aliphatic heterocycles. The van der Waals surface area contributed by atoms with Gasteiger partial charge in [-0.15, -0.1) is 0 Å². The minimum atomic E-state index is -4.52. The van der Waals surface area contributed by atoms with Crippen LogP contribution in [0.25, 0.3) is 0 Å². The van der Waals surface area contributed by atoms with Crippen molar-refractivity contribution in [2.75, 3.05) is 5.73 Å². The molecule has 78 valence electrons. The minimum Gasteiger partial charge on any atom is -0.396 e. The van der Waals surface area contributed by atoms with Crippen LogP contribution in [0.4, 0.5) is 18.9 Å². The molecule has 1 heterocycles. The van der Waals surface area contributed by atoms with E-state index < -0.39 is 17.6 Å². The SMILES string of the molecule is CC(C)c1ncc(N)c(C(F)(F)F)n1. The van der Waals surface area contributed by atoms with Crippen molar-refractivity contribution in [2.24, 2.45) is 0 Å². The van der Waals surface area contributed by atoms with Crippen molar-refractivity contribution in [1.29, 1.82) is 0 Å². The lowest BCUT2D eigenvalue weighted by Crippen LogP contribution is -2.14. The predicted octanol–water partition coefficient (Wildman–Crippen LogP) is 2.20. The van der Waals surface area contributed by atoms with Gasteiger partial charge in [-0.1, -0.05) is 13.8 Å². The molecule has 1 aromatic rings. The predicted molar refractivity (Wildman–Crippen MR) is 45.5 cm³/mol. The normalized spacial score (nSPS) is 12.1. The molecule has 0 aliphatic carbocycles. The van der Waals surface area contributed by atoms with Gasteiger partial charge in [0.05, 0.1) is 11.9 Å². The number of nitrogen functional groups attached to an aromatic ring is 1. The summed E-state index contributed by atoms with van der Waals surface area (Å²) in [6.45, 7) is 3.43. The minimum absolute atomic E-state index is 0.145. The van der Waals surface area contributed by atoms with E-state index in [9.17, 15) is 13.2 Å². The summed E-state index contributed by atoms with van der Waals surface area (Å²) in [5, 5.41) is 0. The van der Waals surface area contributed by atoms with Gasteiger partial charge >= 0.3 is 6.18 Å². The van der Waals surface area contributed by atoms with Crippen LogP contribution in [0.1, 0.15) is 31.3 Å². The smallest absolute Gasteiger partial charge is 0.396 e. The molecule has 1 rings (SSSR count). The highest BCUT2D eigenvalue weighted by atomic mass is 19.4. The molecule has 0 unspecified atom stereocenters. The third kappa shape index (κ3) is 2.12. The Hall–Kier alpha value is -1.33. The van der Waals surface area contributed by atoms with E-state index in [1.54, 1.807) is 13.8 Å². The Morgan fingerprint density at radius 3 is 2.36 bits per heavy atom. The van der Waals surface area contributed by atoms with Crippen LogP contribution in [-0.2, 0) is 6.18 Å². The fourth-order valence-electron chi connectivity index (χ4n) is 0.910. The second-order valence-electron chi connectivity index (χ2n) is 3.18. The summed E-state index contributed by atoms with van der Waals surface area (Å²) in [4.78, 5) is 7.10. The first-order chi connectivity index (χ1) is 6.32. The van der Waals surface area contributed by atoms with Gasteiger partial charge in [-0.25, -0.2) is 9.97 Å². The van der Waals surface area contributed by atoms with Crippen molar-refractivity contribution < 1.29 is 13.2 Å². The molecule has 6 heteroatoms. The molecule has 0 saturated carbocycles. The Bertz CT molecular complexity index is 333. The highest BCUT2D eigenvalue weighted by Crippen LogP contribution is 2.31. The van der Waals surface area contributed by atoms with E-state index in [2.05, 4.69) is 9.97 Å². The van der Waals surface area contributed by atoms with Gasteiger partial charge in [-0.05, 0) is 0 Å². The van der Waals surface area contributed by atoms with Crippen molar-refractivity contribution in [1.82, 2.24) is 9.97 Å². The summed E-state index contributed by atoms with van der Waals surface area (Å²) in [5.74, 6) is -0.0109. The lowest BCUT2D eigenvalue weighted by molar-refractivity contribution is -0.140. The Morgan fingerprint density at radius 1 is 1.36 bits per heavy atom. The van der Waals surface area contributed by atoms with Crippen LogP contribution in [0.15, 0.2) is 6.20 Å². The summed E-state index contributed by atoms with van der Waals surface area (Å²) >= 11 is 0. The maximum atomic E-state index is 12.3. The summed E-state index contributed by atoms with van der Waals surface area (Å²) in [6, 6.07) is 0. The lowest BCUT2D eigenvalue weighted by Gasteiger charge is -2.11. The van der Waals surface area contributed by atoms with E-state index in [1.807, 2.05) is 0 Å². The molecule has 0 radical (unpaired) electrons. The molecule has 0 fully saturated rings. The van der Waals surface area contributed by atoms with Crippen LogP contribution >= 0.6 is 0 Å². The van der Waals surface area contributed by atoms with Gasteiger partial charge < -0.3 is 5.73 Å². The molecule has 0 aromatic carbocycles. The fourth-order valence-corrected chi connectivity index (χ4v) is 0.910. The number of halogens is 3. The number of rotatable bonds is 1. The Labute approximate surface area is 79.2 Å². The Morgan fingerprint density at radius 2 is 1.93 bits per heavy atom. The van der Waals surface area contributed by atoms with Crippen molar-refractivity contribution in [3.63, 3.8) is 0 Å². The van der Waals surface area contributed by atoms with Gasteiger partial charge in [0.25, 0.3) is 0 Å². The monoisotopic (exact) mass is 205 g/mol. The van der Waals surface area contributed by atoms with Crippen LogP contribution < -0.4 is 5.73 Å². The standard InChI is InChI=1S/C8H10F3N3/c1-4(2)7-13-3-5(12)6(14-7)8(9,10)11/h3-4H,12H2,1-2H3. The van der Waals surface area contributed by atoms with E-state index in [0.29, 0.717) is 0 Å². The average molecular weight is 205 g/mol. The maximum absolute atomic E-state index is 12.3. The van der Waals surface area contributed by atoms with Gasteiger partial charge in [0.1, 0.15) is 5.82 Å². The zero-order valence-electron chi connectivity index (χ0n) is 7.76. The van der Waals surface area contributed by atoms with Crippen molar-refractivity contribution in [3.05, 3.63) is 17.7 Å². The number of nitrogens with two attached hydrogens (primary N) is 1. The van der Waals surface area contributed by atoms with E-state index in [4.69, 9.17) is 5.73 Å². The fraction of sp³-hybridized carbons (Fsp3) is 0.500. The number of hydrogen-bond acceptors (Lipinski definition) is 3. The highest BCUT2D eigenvalue weighted by Gasteiger charge is 2.35. The molecule has 0 spiro atoms. The molecule has 0 amide bonds. The first kappa shape index (κ1) is 10.7. The quantitative estimate of drug-likeness (QED) is 0.764. The van der Waals surface area contributed by atoms with Gasteiger partial charge in [0, 0.05) is 5.92 Å². The second kappa shape index (κ2) is 3.43. The molecule has 2 N–H and O–H groups in total. The molecule has 0 bridgehead atoms. The molecular formula is C8H10F3N3. The third-order valence-electron chi connectivity index (χ3n) is 1.62. The van der Waals surface area contributed by atoms with Crippen LogP contribution in [0.5, 0.6) is 0 Å². The second-order valence-corrected chi connectivity index (χ2v) is 3.18. The number of aromatic nitrogens is 2. The summed E-state index contributed by atoms with van der Waals surface area (Å²) in [5.41, 5.74) is 3.63. The zero-order valence-corrected chi connectivity index (χ0v) is 7.76. The van der Waals surface area contributed by atoms with Crippen LogP contribution in [0, 0.1) is 0 Å². The van der Waals surface area contributed by atoms with E-state index >= 15 is 0 Å². The summed E-state index contributed by atoms with van der Waals surface area (Å²) in [7, 11) is 0. The number of hydrogen-bond donors (Lipinski definition) is 1. The zero-order chi connectivity index (χ0) is 10.9. The number of nitrogens with zero attached hydrogens (tertiary/aromatic N) is 2. The maximum Gasteiger partial charge on any atom is 0.435 e. The number of anilines is 1. The molecule has 1 aromatic heterocycles. The van der Waals surface area contributed by atoms with Gasteiger partial charge in [-0.2, -0.15) is 13.2 Å². The van der Waals surface area contributed by atoms with Crippen LogP contribution in [0.3, 0.4) is 0 Å². The van der Waals surface area contributed by atoms with E-state index in [1.165, 1.54) is 0 Å². The average Bonchev–Trinajstić information content (AvgIpc) is 2.02. The highest BCUT2D eigenvalue weighted by molar-refractivity contribution is 5.42. The molecule has 0 atom stereocenters. The first-order valence-corrected chi connectivity index (χ1v) is 4.02. The lowest BCUT2D eigenvalue weighted by atomic mass is 10.2. The van der Waals surface area contributed by atoms with Gasteiger partial charge in [-0.3, -0.25) is 0 Å². The summed E-state index contributed by atoms with van der Waals surface area (Å²) in [6.07, 6.45) is -3.53. The van der Waals surface area contributed by atoms with Crippen LogP contribution in [-0.4, -0.2) is 9.97 Å². The van der Waals surface area contributed by atoms with Crippen molar-refractivity contribution in [2.45, 2.75) is 25.9 Å². The third-order valence-corrected chi connectivity index (χ3v) is 1.62. The first-order valence-electron chi connectivity index (χ1n) is 4.02. The molecule has 3 nitrogen and oxygen atoms in total. The largest absolute Gasteiger partial charge is 0.435 e. The topological polar surface area (TPSA) is 51.8 Å². The summed E-state index contributed by atoms with van der Waals surface area (Å²) < 4.78 is 37.0. The van der Waals surface area contributed by atoms with Gasteiger partial charge in [0.2, 0.25) is 0 Å². The van der Waals surface area contributed by atoms with Crippen molar-refractivity contribution in [3.8, 4) is 0 Å². The Kier molecular flexibility index (Phi) is 2.64. The van der Waals surface area contributed by atoms with Crippen LogP contribution in [0.2, 0.25) is 0 Å². The Balaban J connectivity index is 3.22. The molecule has 0 saturated heterocycles. The molecule has 0 aliphatic rings. The molecule has 14 heavy (non-hydrogen) atoms. The van der Waals surface area contributed by atoms with Crippen molar-refractivity contribution >= 4 is 5.69 Å². The number of alkyl halides is 3. The van der Waals surface area contributed by atoms with Gasteiger partial charge in [0.15, 0.2) is 5.69 Å². The van der Waals surface area contributed by atoms with E-state index in [-0.39, 0.29) is 11.7 Å². The molecular weight excluding hydrogens is 195 g/mol.